The van der Waals surface area contributed by atoms with Gasteiger partial charge in [0.25, 0.3) is 0 Å². The van der Waals surface area contributed by atoms with Crippen LogP contribution in [0.5, 0.6) is 0 Å². The van der Waals surface area contributed by atoms with Crippen molar-refractivity contribution >= 4 is 63.8 Å². The van der Waals surface area contributed by atoms with Crippen molar-refractivity contribution in [3.05, 3.63) is 157 Å². The van der Waals surface area contributed by atoms with Crippen molar-refractivity contribution in [1.82, 2.24) is 0 Å². The number of hydrogen-bond acceptors (Lipinski definition) is 1. The van der Waals surface area contributed by atoms with Gasteiger partial charge in [-0.2, -0.15) is 0 Å². The Bertz CT molecular complexity index is 2600. The molecule has 0 fully saturated rings. The van der Waals surface area contributed by atoms with Gasteiger partial charge in [0.15, 0.2) is 0 Å². The van der Waals surface area contributed by atoms with Crippen molar-refractivity contribution in [1.29, 1.82) is 0 Å². The lowest BCUT2D eigenvalue weighted by molar-refractivity contribution is 0.878. The lowest BCUT2D eigenvalue weighted by atomic mass is 9.84. The minimum absolute atomic E-state index is 0.473. The molecule has 1 aromatic heterocycles. The average Bonchev–Trinajstić information content (AvgIpc) is 3.50. The first kappa shape index (κ1) is 26.0. The molecule has 0 radical (unpaired) electrons. The summed E-state index contributed by atoms with van der Waals surface area (Å²) < 4.78 is 10.7. The summed E-state index contributed by atoms with van der Waals surface area (Å²) >= 11 is 1.93. The number of rotatable bonds is 4. The van der Waals surface area contributed by atoms with Crippen molar-refractivity contribution < 1.29 is 1.37 Å². The van der Waals surface area contributed by atoms with E-state index in [1.807, 2.05) is 29.5 Å². The molecule has 46 heavy (non-hydrogen) atoms. The van der Waals surface area contributed by atoms with Gasteiger partial charge in [-0.1, -0.05) is 153 Å². The zero-order valence-electron chi connectivity index (χ0n) is 26.8. The third-order valence-electron chi connectivity index (χ3n) is 9.57. The number of fused-ring (bicyclic) bond motifs is 6. The van der Waals surface area contributed by atoms with Gasteiger partial charge in [0.05, 0.1) is 1.37 Å². The normalized spacial score (nSPS) is 12.2. The summed E-state index contributed by atoms with van der Waals surface area (Å²) in [6.07, 6.45) is 0. The molecule has 0 aliphatic carbocycles. The minimum Gasteiger partial charge on any atom is -0.135 e. The summed E-state index contributed by atoms with van der Waals surface area (Å²) in [5, 5.41) is 10.1. The van der Waals surface area contributed by atoms with Gasteiger partial charge in [0.1, 0.15) is 0 Å². The molecule has 8 aromatic carbocycles. The van der Waals surface area contributed by atoms with Crippen molar-refractivity contribution in [2.24, 2.45) is 0 Å². The Kier molecular flexibility index (Phi) is 6.05. The first-order chi connectivity index (χ1) is 23.0. The van der Waals surface area contributed by atoms with Crippen molar-refractivity contribution in [2.45, 2.75) is 19.8 Å². The molecule has 1 heterocycles. The van der Waals surface area contributed by atoms with Crippen LogP contribution in [-0.2, 0) is 0 Å². The maximum absolute atomic E-state index is 7.96. The highest BCUT2D eigenvalue weighted by Gasteiger charge is 2.20. The lowest BCUT2D eigenvalue weighted by Gasteiger charge is -2.18. The van der Waals surface area contributed by atoms with E-state index in [1.165, 1.54) is 80.7 Å². The van der Waals surface area contributed by atoms with Gasteiger partial charge in [-0.3, -0.25) is 0 Å². The molecule has 1 heteroatoms. The molecule has 0 saturated heterocycles. The van der Waals surface area contributed by atoms with Crippen molar-refractivity contribution in [2.75, 3.05) is 0 Å². The minimum atomic E-state index is 0.473. The molecule has 0 spiro atoms. The van der Waals surface area contributed by atoms with Gasteiger partial charge in [-0.25, -0.2) is 0 Å². The first-order valence-electron chi connectivity index (χ1n) is 16.5. The van der Waals surface area contributed by atoms with E-state index in [1.54, 1.807) is 0 Å². The van der Waals surface area contributed by atoms with E-state index in [0.29, 0.717) is 12.0 Å². The molecule has 0 aliphatic rings. The standard InChI is InChI=1S/C45H32S/c1-28(2)34-17-9-19-40-44-39(18-10-20-41(44)46-45(34)40)43-37-15-7-5-13-35(37)42(36-14-6-8-16-38(36)43)31-24-21-30(22-25-31)33-26-23-29-11-3-4-12-32(29)27-33/h3-28H,1-2H3/i3D. The number of hydrogen-bond donors (Lipinski definition) is 0. The number of thiophene rings is 1. The van der Waals surface area contributed by atoms with Crippen LogP contribution in [0.2, 0.25) is 0 Å². The number of benzene rings is 8. The molecule has 9 aromatic rings. The highest BCUT2D eigenvalue weighted by molar-refractivity contribution is 7.26. The molecule has 0 N–H and O–H groups in total. The molecule has 0 nitrogen and oxygen atoms in total. The molecular weight excluding hydrogens is 573 g/mol. The third-order valence-corrected chi connectivity index (χ3v) is 10.8. The van der Waals surface area contributed by atoms with Gasteiger partial charge >= 0.3 is 0 Å². The second-order valence-electron chi connectivity index (χ2n) is 12.6. The largest absolute Gasteiger partial charge is 0.135 e. The topological polar surface area (TPSA) is 0 Å². The molecule has 0 amide bonds. The van der Waals surface area contributed by atoms with Crippen LogP contribution in [-0.4, -0.2) is 0 Å². The van der Waals surface area contributed by atoms with Crippen molar-refractivity contribution in [3.8, 4) is 33.4 Å². The van der Waals surface area contributed by atoms with E-state index in [0.717, 1.165) is 10.8 Å². The van der Waals surface area contributed by atoms with E-state index in [4.69, 9.17) is 1.37 Å². The fourth-order valence-corrected chi connectivity index (χ4v) is 8.79. The third kappa shape index (κ3) is 4.20. The monoisotopic (exact) mass is 605 g/mol. The second kappa shape index (κ2) is 10.7. The van der Waals surface area contributed by atoms with E-state index < -0.39 is 0 Å². The van der Waals surface area contributed by atoms with Crippen LogP contribution in [0.25, 0.3) is 85.9 Å². The molecule has 0 aliphatic heterocycles. The first-order valence-corrected chi connectivity index (χ1v) is 16.9. The predicted octanol–water partition coefficient (Wildman–Crippen LogP) is 13.6. The SMILES string of the molecule is [2H]c1ccc2cc(-c3ccc(-c4c5ccccc5c(-c5cccc6sc7c(C(C)C)cccc7c56)c5ccccc45)cc3)ccc2c1. The molecule has 218 valence electrons. The van der Waals surface area contributed by atoms with Crippen LogP contribution in [0.1, 0.15) is 26.7 Å². The maximum atomic E-state index is 7.96. The maximum Gasteiger partial charge on any atom is 0.0623 e. The van der Waals surface area contributed by atoms with Crippen molar-refractivity contribution in [3.63, 3.8) is 0 Å². The molecule has 0 bridgehead atoms. The van der Waals surface area contributed by atoms with Crippen LogP contribution in [0.15, 0.2) is 152 Å². The zero-order valence-corrected chi connectivity index (χ0v) is 26.7. The molecule has 0 saturated carbocycles. The molecule has 0 atom stereocenters. The van der Waals surface area contributed by atoms with Crippen LogP contribution < -0.4 is 0 Å². The lowest BCUT2D eigenvalue weighted by Crippen LogP contribution is -1.91. The Balaban J connectivity index is 1.27. The Morgan fingerprint density at radius 2 is 1.13 bits per heavy atom. The summed E-state index contributed by atoms with van der Waals surface area (Å²) in [5.74, 6) is 0.473. The smallest absolute Gasteiger partial charge is 0.0623 e. The second-order valence-corrected chi connectivity index (χ2v) is 13.6. The highest BCUT2D eigenvalue weighted by Crippen LogP contribution is 2.48. The van der Waals surface area contributed by atoms with Gasteiger partial charge in [0.2, 0.25) is 0 Å². The van der Waals surface area contributed by atoms with E-state index in [-0.39, 0.29) is 0 Å². The predicted molar refractivity (Wildman–Crippen MR) is 202 cm³/mol. The highest BCUT2D eigenvalue weighted by atomic mass is 32.1. The molecular formula is C45H32S. The quantitative estimate of drug-likeness (QED) is 0.175. The van der Waals surface area contributed by atoms with Gasteiger partial charge < -0.3 is 0 Å². The van der Waals surface area contributed by atoms with E-state index in [2.05, 4.69) is 141 Å². The van der Waals surface area contributed by atoms with E-state index >= 15 is 0 Å². The van der Waals surface area contributed by atoms with Crippen LogP contribution in [0.4, 0.5) is 0 Å². The van der Waals surface area contributed by atoms with Crippen LogP contribution in [0.3, 0.4) is 0 Å². The molecule has 9 rings (SSSR count). The Labute approximate surface area is 274 Å². The zero-order chi connectivity index (χ0) is 31.6. The van der Waals surface area contributed by atoms with Gasteiger partial charge in [0, 0.05) is 20.2 Å². The van der Waals surface area contributed by atoms with E-state index in [9.17, 15) is 0 Å². The fourth-order valence-electron chi connectivity index (χ4n) is 7.40. The molecule has 0 unspecified atom stereocenters. The Hall–Kier alpha value is -5.24. The van der Waals surface area contributed by atoms with Crippen LogP contribution in [0, 0.1) is 0 Å². The Morgan fingerprint density at radius 1 is 0.500 bits per heavy atom. The summed E-state index contributed by atoms with van der Waals surface area (Å²) in [4.78, 5) is 0. The summed E-state index contributed by atoms with van der Waals surface area (Å²) in [6, 6.07) is 53.5. The Morgan fingerprint density at radius 3 is 1.85 bits per heavy atom. The summed E-state index contributed by atoms with van der Waals surface area (Å²) in [6.45, 7) is 4.59. The summed E-state index contributed by atoms with van der Waals surface area (Å²) in [7, 11) is 0. The fraction of sp³-hybridized carbons (Fsp3) is 0.0667. The summed E-state index contributed by atoms with van der Waals surface area (Å²) in [5.41, 5.74) is 8.90. The average molecular weight is 606 g/mol. The van der Waals surface area contributed by atoms with Gasteiger partial charge in [-0.05, 0) is 89.3 Å². The van der Waals surface area contributed by atoms with Crippen LogP contribution >= 0.6 is 11.3 Å². The van der Waals surface area contributed by atoms with Gasteiger partial charge in [-0.15, -0.1) is 11.3 Å².